The summed E-state index contributed by atoms with van der Waals surface area (Å²) in [5, 5.41) is 0. The van der Waals surface area contributed by atoms with Crippen molar-refractivity contribution < 1.29 is 0 Å². The predicted molar refractivity (Wildman–Crippen MR) is 62.0 cm³/mol. The van der Waals surface area contributed by atoms with Gasteiger partial charge in [-0.25, -0.2) is 0 Å². The van der Waals surface area contributed by atoms with E-state index in [1.807, 2.05) is 0 Å². The van der Waals surface area contributed by atoms with Gasteiger partial charge in [-0.3, -0.25) is 0 Å². The van der Waals surface area contributed by atoms with E-state index in [0.717, 1.165) is 5.92 Å². The Morgan fingerprint density at radius 2 is 1.38 bits per heavy atom. The molecule has 0 atom stereocenters. The zero-order valence-electron chi connectivity index (χ0n) is 10.3. The number of hydrogen-bond acceptors (Lipinski definition) is 0. The van der Waals surface area contributed by atoms with Crippen LogP contribution < -0.4 is 0 Å². The molecular formula is C13H28. The van der Waals surface area contributed by atoms with Crippen LogP contribution in [-0.4, -0.2) is 0 Å². The van der Waals surface area contributed by atoms with Crippen LogP contribution in [0.2, 0.25) is 0 Å². The van der Waals surface area contributed by atoms with Gasteiger partial charge in [0, 0.05) is 0 Å². The molecule has 0 rings (SSSR count). The SMILES string of the molecule is CC(C)CCCCCCC(C)(C)C. The van der Waals surface area contributed by atoms with Crippen LogP contribution in [0.25, 0.3) is 0 Å². The lowest BCUT2D eigenvalue weighted by Crippen LogP contribution is -2.03. The number of unbranched alkanes of at least 4 members (excludes halogenated alkanes) is 3. The summed E-state index contributed by atoms with van der Waals surface area (Å²) in [6.07, 6.45) is 8.52. The first-order valence-corrected chi connectivity index (χ1v) is 5.92. The van der Waals surface area contributed by atoms with Gasteiger partial charge < -0.3 is 0 Å². The summed E-state index contributed by atoms with van der Waals surface area (Å²) in [6, 6.07) is 0. The molecule has 80 valence electrons. The Hall–Kier alpha value is 0. The minimum Gasteiger partial charge on any atom is -0.0628 e. The van der Waals surface area contributed by atoms with Crippen molar-refractivity contribution in [2.75, 3.05) is 0 Å². The Morgan fingerprint density at radius 1 is 0.846 bits per heavy atom. The van der Waals surface area contributed by atoms with Crippen LogP contribution in [0.3, 0.4) is 0 Å². The highest BCUT2D eigenvalue weighted by Crippen LogP contribution is 2.22. The zero-order chi connectivity index (χ0) is 10.3. The monoisotopic (exact) mass is 184 g/mol. The summed E-state index contributed by atoms with van der Waals surface area (Å²) < 4.78 is 0. The highest BCUT2D eigenvalue weighted by Gasteiger charge is 2.08. The topological polar surface area (TPSA) is 0 Å². The fraction of sp³-hybridized carbons (Fsp3) is 1.00. The van der Waals surface area contributed by atoms with E-state index < -0.39 is 0 Å². The normalized spacial score (nSPS) is 12.5. The van der Waals surface area contributed by atoms with Crippen molar-refractivity contribution in [3.05, 3.63) is 0 Å². The second kappa shape index (κ2) is 6.45. The van der Waals surface area contributed by atoms with Gasteiger partial charge in [0.2, 0.25) is 0 Å². The van der Waals surface area contributed by atoms with Gasteiger partial charge >= 0.3 is 0 Å². The van der Waals surface area contributed by atoms with Crippen molar-refractivity contribution >= 4 is 0 Å². The Morgan fingerprint density at radius 3 is 1.85 bits per heavy atom. The Kier molecular flexibility index (Phi) is 6.45. The maximum absolute atomic E-state index is 2.33. The molecule has 0 heterocycles. The van der Waals surface area contributed by atoms with Crippen molar-refractivity contribution in [3.63, 3.8) is 0 Å². The lowest BCUT2D eigenvalue weighted by molar-refractivity contribution is 0.355. The Bertz CT molecular complexity index is 106. The molecule has 0 amide bonds. The molecule has 0 N–H and O–H groups in total. The molecular weight excluding hydrogens is 156 g/mol. The van der Waals surface area contributed by atoms with Crippen LogP contribution in [0.4, 0.5) is 0 Å². The molecule has 0 saturated heterocycles. The second-order valence-corrected chi connectivity index (χ2v) is 5.91. The summed E-state index contributed by atoms with van der Waals surface area (Å²) >= 11 is 0. The summed E-state index contributed by atoms with van der Waals surface area (Å²) in [5.74, 6) is 0.891. The van der Waals surface area contributed by atoms with E-state index in [0.29, 0.717) is 5.41 Å². The molecule has 0 unspecified atom stereocenters. The van der Waals surface area contributed by atoms with Crippen LogP contribution in [-0.2, 0) is 0 Å². The quantitative estimate of drug-likeness (QED) is 0.508. The van der Waals surface area contributed by atoms with Crippen molar-refractivity contribution in [1.82, 2.24) is 0 Å². The fourth-order valence-electron chi connectivity index (χ4n) is 1.56. The molecule has 0 spiro atoms. The van der Waals surface area contributed by atoms with E-state index >= 15 is 0 Å². The van der Waals surface area contributed by atoms with Crippen molar-refractivity contribution in [2.24, 2.45) is 11.3 Å². The molecule has 0 bridgehead atoms. The molecule has 0 nitrogen and oxygen atoms in total. The lowest BCUT2D eigenvalue weighted by atomic mass is 9.89. The van der Waals surface area contributed by atoms with Gasteiger partial charge in [-0.1, -0.05) is 66.7 Å². The summed E-state index contributed by atoms with van der Waals surface area (Å²) in [4.78, 5) is 0. The molecule has 0 aromatic heterocycles. The minimum atomic E-state index is 0.540. The second-order valence-electron chi connectivity index (χ2n) is 5.91. The molecule has 0 aliphatic rings. The lowest BCUT2D eigenvalue weighted by Gasteiger charge is -2.17. The largest absolute Gasteiger partial charge is 0.0628 e. The fourth-order valence-corrected chi connectivity index (χ4v) is 1.56. The van der Waals surface area contributed by atoms with Gasteiger partial charge in [-0.2, -0.15) is 0 Å². The van der Waals surface area contributed by atoms with Crippen LogP contribution in [0.1, 0.15) is 73.1 Å². The van der Waals surface area contributed by atoms with Gasteiger partial charge in [0.25, 0.3) is 0 Å². The third kappa shape index (κ3) is 12.0. The molecule has 0 radical (unpaired) electrons. The summed E-state index contributed by atoms with van der Waals surface area (Å²) in [6.45, 7) is 11.6. The van der Waals surface area contributed by atoms with Crippen LogP contribution in [0, 0.1) is 11.3 Å². The molecule has 0 fully saturated rings. The molecule has 0 heteroatoms. The third-order valence-corrected chi connectivity index (χ3v) is 2.46. The van der Waals surface area contributed by atoms with Gasteiger partial charge in [0.05, 0.1) is 0 Å². The minimum absolute atomic E-state index is 0.540. The average molecular weight is 184 g/mol. The summed E-state index contributed by atoms with van der Waals surface area (Å²) in [5.41, 5.74) is 0.540. The Labute approximate surface area is 85.1 Å². The zero-order valence-corrected chi connectivity index (χ0v) is 10.3. The van der Waals surface area contributed by atoms with E-state index in [4.69, 9.17) is 0 Å². The first kappa shape index (κ1) is 13.0. The maximum Gasteiger partial charge on any atom is -0.0383 e. The molecule has 0 aliphatic heterocycles. The van der Waals surface area contributed by atoms with E-state index in [1.165, 1.54) is 38.5 Å². The molecule has 0 aromatic rings. The highest BCUT2D eigenvalue weighted by atomic mass is 14.1. The van der Waals surface area contributed by atoms with Gasteiger partial charge in [0.1, 0.15) is 0 Å². The van der Waals surface area contributed by atoms with Crippen molar-refractivity contribution in [1.29, 1.82) is 0 Å². The molecule has 13 heavy (non-hydrogen) atoms. The van der Waals surface area contributed by atoms with E-state index in [2.05, 4.69) is 34.6 Å². The Balaban J connectivity index is 3.09. The van der Waals surface area contributed by atoms with E-state index in [-0.39, 0.29) is 0 Å². The summed E-state index contributed by atoms with van der Waals surface area (Å²) in [7, 11) is 0. The van der Waals surface area contributed by atoms with E-state index in [1.54, 1.807) is 0 Å². The molecule has 0 aromatic carbocycles. The maximum atomic E-state index is 2.33. The van der Waals surface area contributed by atoms with Crippen LogP contribution in [0.15, 0.2) is 0 Å². The highest BCUT2D eigenvalue weighted by molar-refractivity contribution is 4.61. The predicted octanol–water partition coefficient (Wildman–Crippen LogP) is 5.03. The number of rotatable bonds is 6. The smallest absolute Gasteiger partial charge is 0.0383 e. The van der Waals surface area contributed by atoms with Crippen LogP contribution >= 0.6 is 0 Å². The van der Waals surface area contributed by atoms with Gasteiger partial charge in [-0.05, 0) is 17.8 Å². The van der Waals surface area contributed by atoms with Crippen LogP contribution in [0.5, 0.6) is 0 Å². The first-order valence-electron chi connectivity index (χ1n) is 5.92. The van der Waals surface area contributed by atoms with E-state index in [9.17, 15) is 0 Å². The molecule has 0 aliphatic carbocycles. The first-order chi connectivity index (χ1) is 5.92. The number of hydrogen-bond donors (Lipinski definition) is 0. The van der Waals surface area contributed by atoms with Gasteiger partial charge in [-0.15, -0.1) is 0 Å². The third-order valence-electron chi connectivity index (χ3n) is 2.46. The average Bonchev–Trinajstić information content (AvgIpc) is 1.93. The van der Waals surface area contributed by atoms with Crippen molar-refractivity contribution in [2.45, 2.75) is 73.1 Å². The standard InChI is InChI=1S/C13H28/c1-12(2)10-8-6-7-9-11-13(3,4)5/h12H,6-11H2,1-5H3. The molecule has 0 saturated carbocycles. The van der Waals surface area contributed by atoms with Crippen molar-refractivity contribution in [3.8, 4) is 0 Å². The van der Waals surface area contributed by atoms with Gasteiger partial charge in [0.15, 0.2) is 0 Å².